The van der Waals surface area contributed by atoms with Crippen molar-refractivity contribution in [2.24, 2.45) is 11.8 Å². The Bertz CT molecular complexity index is 1420. The van der Waals surface area contributed by atoms with Crippen LogP contribution in [0, 0.1) is 25.7 Å². The number of carbonyl (C=O) groups is 3. The first-order valence-electron chi connectivity index (χ1n) is 13.9. The molecule has 4 aliphatic heterocycles. The summed E-state index contributed by atoms with van der Waals surface area (Å²) in [6.07, 6.45) is 8.11. The van der Waals surface area contributed by atoms with Crippen molar-refractivity contribution >= 4 is 35.2 Å². The molecule has 4 heterocycles. The van der Waals surface area contributed by atoms with E-state index in [0.29, 0.717) is 19.6 Å². The van der Waals surface area contributed by atoms with Gasteiger partial charge in [-0.1, -0.05) is 66.8 Å². The van der Waals surface area contributed by atoms with Crippen molar-refractivity contribution in [1.82, 2.24) is 9.80 Å². The number of benzene rings is 2. The number of anilines is 1. The first-order valence-corrected chi connectivity index (χ1v) is 14.7. The summed E-state index contributed by atoms with van der Waals surface area (Å²) in [7, 11) is 0. The highest BCUT2D eigenvalue weighted by Gasteiger charge is 2.73. The molecule has 2 fully saturated rings. The van der Waals surface area contributed by atoms with Crippen molar-refractivity contribution in [3.05, 3.63) is 89.5 Å². The second-order valence-electron chi connectivity index (χ2n) is 11.5. The highest BCUT2D eigenvalue weighted by molar-refractivity contribution is 8.02. The van der Waals surface area contributed by atoms with Crippen molar-refractivity contribution in [2.45, 2.75) is 42.9 Å². The molecule has 4 aliphatic rings. The predicted octanol–water partition coefficient (Wildman–Crippen LogP) is 3.48. The number of aryl methyl sites for hydroxylation is 2. The predicted molar refractivity (Wildman–Crippen MR) is 157 cm³/mol. The molecule has 3 amide bonds. The van der Waals surface area contributed by atoms with Gasteiger partial charge in [-0.05, 0) is 43.5 Å². The maximum Gasteiger partial charge on any atom is 0.251 e. The molecule has 6 rings (SSSR count). The molecule has 1 spiro atoms. The Kier molecular flexibility index (Phi) is 6.66. The lowest BCUT2D eigenvalue weighted by molar-refractivity contribution is -0.144. The summed E-state index contributed by atoms with van der Waals surface area (Å²) in [6.45, 7) is 7.09. The molecule has 7 nitrogen and oxygen atoms in total. The SMILES string of the molecule is Cc1ccc(C)c(N2CC=C[C@]34S[C@@]5(C)C=CCN(Cc6ccccc6)C(=O)[C@H]5[C@H]3C(=O)N(CCO)C4C2=O)c1. The number of aliphatic hydroxyl groups is 1. The van der Waals surface area contributed by atoms with Gasteiger partial charge < -0.3 is 19.8 Å². The second kappa shape index (κ2) is 9.93. The number of carbonyl (C=O) groups excluding carboxylic acids is 3. The molecule has 0 saturated carbocycles. The number of amides is 3. The highest BCUT2D eigenvalue weighted by Crippen LogP contribution is 2.65. The van der Waals surface area contributed by atoms with E-state index in [1.807, 2.05) is 92.4 Å². The van der Waals surface area contributed by atoms with E-state index in [9.17, 15) is 19.5 Å². The average molecular weight is 558 g/mol. The lowest BCUT2D eigenvalue weighted by atomic mass is 9.74. The molecule has 0 radical (unpaired) electrons. The zero-order valence-electron chi connectivity index (χ0n) is 23.1. The minimum absolute atomic E-state index is 0.0454. The fourth-order valence-electron chi connectivity index (χ4n) is 7.09. The molecular weight excluding hydrogens is 522 g/mol. The minimum atomic E-state index is -0.926. The smallest absolute Gasteiger partial charge is 0.251 e. The Morgan fingerprint density at radius 1 is 0.925 bits per heavy atom. The van der Waals surface area contributed by atoms with E-state index in [0.717, 1.165) is 22.4 Å². The van der Waals surface area contributed by atoms with Gasteiger partial charge in [-0.25, -0.2) is 0 Å². The number of thioether (sulfide) groups is 1. The Labute approximate surface area is 239 Å². The molecule has 1 unspecified atom stereocenters. The molecule has 2 aromatic rings. The monoisotopic (exact) mass is 557 g/mol. The van der Waals surface area contributed by atoms with E-state index in [1.54, 1.807) is 16.7 Å². The first-order chi connectivity index (χ1) is 19.2. The van der Waals surface area contributed by atoms with Crippen LogP contribution in [0.1, 0.15) is 23.6 Å². The molecule has 0 bridgehead atoms. The zero-order valence-corrected chi connectivity index (χ0v) is 23.9. The van der Waals surface area contributed by atoms with Crippen LogP contribution in [0.5, 0.6) is 0 Å². The Morgan fingerprint density at radius 3 is 2.42 bits per heavy atom. The highest BCUT2D eigenvalue weighted by atomic mass is 32.2. The van der Waals surface area contributed by atoms with Gasteiger partial charge in [0, 0.05) is 36.6 Å². The molecule has 2 aromatic carbocycles. The van der Waals surface area contributed by atoms with Crippen LogP contribution >= 0.6 is 11.8 Å². The van der Waals surface area contributed by atoms with Gasteiger partial charge >= 0.3 is 0 Å². The number of likely N-dealkylation sites (tertiary alicyclic amines) is 1. The van der Waals surface area contributed by atoms with Crippen LogP contribution in [0.3, 0.4) is 0 Å². The molecule has 5 atom stereocenters. The number of fused-ring (bicyclic) bond motifs is 2. The number of rotatable bonds is 5. The summed E-state index contributed by atoms with van der Waals surface area (Å²) in [4.78, 5) is 48.2. The van der Waals surface area contributed by atoms with Gasteiger partial charge in [0.05, 0.1) is 23.2 Å². The molecule has 40 heavy (non-hydrogen) atoms. The van der Waals surface area contributed by atoms with Crippen LogP contribution in [0.25, 0.3) is 0 Å². The number of hydrogen-bond acceptors (Lipinski definition) is 5. The Morgan fingerprint density at radius 2 is 1.68 bits per heavy atom. The van der Waals surface area contributed by atoms with E-state index >= 15 is 0 Å². The molecule has 208 valence electrons. The lowest BCUT2D eigenvalue weighted by Gasteiger charge is -2.37. The third-order valence-corrected chi connectivity index (χ3v) is 10.6. The van der Waals surface area contributed by atoms with Gasteiger partial charge in [-0.15, -0.1) is 11.8 Å². The van der Waals surface area contributed by atoms with E-state index in [-0.39, 0.29) is 30.9 Å². The van der Waals surface area contributed by atoms with E-state index in [2.05, 4.69) is 6.08 Å². The maximum atomic E-state index is 14.5. The van der Waals surface area contributed by atoms with Crippen molar-refractivity contribution in [3.8, 4) is 0 Å². The van der Waals surface area contributed by atoms with Gasteiger partial charge in [-0.3, -0.25) is 14.4 Å². The quantitative estimate of drug-likeness (QED) is 0.570. The van der Waals surface area contributed by atoms with E-state index in [4.69, 9.17) is 0 Å². The molecular formula is C32H35N3O4S. The van der Waals surface area contributed by atoms with Crippen molar-refractivity contribution in [2.75, 3.05) is 31.1 Å². The van der Waals surface area contributed by atoms with Gasteiger partial charge in [0.15, 0.2) is 0 Å². The molecule has 0 aliphatic carbocycles. The third kappa shape index (κ3) is 4.03. The molecule has 2 saturated heterocycles. The van der Waals surface area contributed by atoms with E-state index < -0.39 is 27.4 Å². The van der Waals surface area contributed by atoms with Crippen LogP contribution in [-0.4, -0.2) is 74.4 Å². The number of nitrogens with zero attached hydrogens (tertiary/aromatic N) is 3. The summed E-state index contributed by atoms with van der Waals surface area (Å²) >= 11 is 1.57. The zero-order chi connectivity index (χ0) is 28.2. The fourth-order valence-corrected chi connectivity index (χ4v) is 9.25. The van der Waals surface area contributed by atoms with Gasteiger partial charge in [-0.2, -0.15) is 0 Å². The Balaban J connectivity index is 1.44. The molecule has 8 heteroatoms. The maximum absolute atomic E-state index is 14.5. The van der Waals surface area contributed by atoms with Crippen LogP contribution < -0.4 is 4.90 Å². The number of β-amino-alcohol motifs (C(OH)–C–C–N with tert-alkyl or cyclic N) is 1. The second-order valence-corrected chi connectivity index (χ2v) is 13.3. The van der Waals surface area contributed by atoms with Crippen LogP contribution in [-0.2, 0) is 20.9 Å². The summed E-state index contributed by atoms with van der Waals surface area (Å²) < 4.78 is -1.59. The molecule has 0 aromatic heterocycles. The minimum Gasteiger partial charge on any atom is -0.395 e. The van der Waals surface area contributed by atoms with E-state index in [1.165, 1.54) is 4.90 Å². The fraction of sp³-hybridized carbons (Fsp3) is 0.406. The topological polar surface area (TPSA) is 81.2 Å². The van der Waals surface area contributed by atoms with Gasteiger partial charge in [0.25, 0.3) is 5.91 Å². The molecule has 1 N–H and O–H groups in total. The summed E-state index contributed by atoms with van der Waals surface area (Å²) in [6, 6.07) is 15.1. The summed E-state index contributed by atoms with van der Waals surface area (Å²) in [5.74, 6) is -1.83. The largest absolute Gasteiger partial charge is 0.395 e. The lowest BCUT2D eigenvalue weighted by Crippen LogP contribution is -2.54. The van der Waals surface area contributed by atoms with Gasteiger partial charge in [0.2, 0.25) is 11.8 Å². The average Bonchev–Trinajstić information content (AvgIpc) is 3.19. The normalized spacial score (nSPS) is 31.2. The van der Waals surface area contributed by atoms with Crippen LogP contribution in [0.4, 0.5) is 5.69 Å². The third-order valence-electron chi connectivity index (χ3n) is 8.85. The standard InChI is InChI=1S/C32H35N3O4S/c1-21-11-12-22(2)24(19-21)34-16-8-14-32-26(29(38)35(17-18-36)27(32)30(34)39)25-28(37)33(15-7-13-31(25,3)40-32)20-23-9-5-4-6-10-23/h4-14,19,25-27,36H,15-18,20H2,1-3H3/t25-,26+,27?,31+,32+/m1/s1. The van der Waals surface area contributed by atoms with Crippen molar-refractivity contribution in [1.29, 1.82) is 0 Å². The Hall–Kier alpha value is -3.36. The van der Waals surface area contributed by atoms with Gasteiger partial charge in [0.1, 0.15) is 6.04 Å². The first kappa shape index (κ1) is 26.8. The number of aliphatic hydroxyl groups excluding tert-OH is 1. The van der Waals surface area contributed by atoms with Crippen molar-refractivity contribution in [3.63, 3.8) is 0 Å². The van der Waals surface area contributed by atoms with Crippen LogP contribution in [0.15, 0.2) is 72.8 Å². The summed E-state index contributed by atoms with van der Waals surface area (Å²) in [5, 5.41) is 9.97. The number of hydrogen-bond donors (Lipinski definition) is 1. The van der Waals surface area contributed by atoms with Crippen molar-refractivity contribution < 1.29 is 19.5 Å². The summed E-state index contributed by atoms with van der Waals surface area (Å²) in [5.41, 5.74) is 3.87. The van der Waals surface area contributed by atoms with Crippen LogP contribution in [0.2, 0.25) is 0 Å².